The van der Waals surface area contributed by atoms with Gasteiger partial charge in [0, 0.05) is 30.3 Å². The summed E-state index contributed by atoms with van der Waals surface area (Å²) in [5, 5.41) is 9.91. The molecule has 39 heavy (non-hydrogen) atoms. The summed E-state index contributed by atoms with van der Waals surface area (Å²) < 4.78 is 40.6. The summed E-state index contributed by atoms with van der Waals surface area (Å²) in [6, 6.07) is 7.39. The van der Waals surface area contributed by atoms with Crippen molar-refractivity contribution < 1.29 is 27.8 Å². The van der Waals surface area contributed by atoms with Crippen LogP contribution in [0.1, 0.15) is 42.1 Å². The van der Waals surface area contributed by atoms with E-state index in [0.717, 1.165) is 18.9 Å². The van der Waals surface area contributed by atoms with Crippen molar-refractivity contribution in [2.24, 2.45) is 5.92 Å². The number of halogens is 2. The number of methoxy groups -OCH3 is 1. The largest absolute Gasteiger partial charge is 0.490 e. The Hall–Kier alpha value is -4.61. The minimum atomic E-state index is -1.08. The van der Waals surface area contributed by atoms with Gasteiger partial charge in [-0.3, -0.25) is 9.59 Å². The van der Waals surface area contributed by atoms with Crippen LogP contribution in [-0.2, 0) is 11.3 Å². The van der Waals surface area contributed by atoms with Gasteiger partial charge in [-0.15, -0.1) is 0 Å². The highest BCUT2D eigenvalue weighted by molar-refractivity contribution is 5.97. The Bertz CT molecular complexity index is 1550. The van der Waals surface area contributed by atoms with Crippen molar-refractivity contribution in [3.8, 4) is 22.9 Å². The molecule has 0 atom stereocenters. The molecule has 1 saturated carbocycles. The van der Waals surface area contributed by atoms with Gasteiger partial charge in [-0.2, -0.15) is 9.49 Å². The van der Waals surface area contributed by atoms with Gasteiger partial charge in [0.15, 0.2) is 23.0 Å². The van der Waals surface area contributed by atoms with Crippen molar-refractivity contribution in [2.75, 3.05) is 19.0 Å². The summed E-state index contributed by atoms with van der Waals surface area (Å²) in [7, 11) is 1.39. The Morgan fingerprint density at radius 2 is 2.00 bits per heavy atom. The smallest absolute Gasteiger partial charge is 0.257 e. The second-order valence-corrected chi connectivity index (χ2v) is 9.12. The number of hydrogen-bond donors (Lipinski definition) is 2. The van der Waals surface area contributed by atoms with E-state index in [-0.39, 0.29) is 29.6 Å². The van der Waals surface area contributed by atoms with E-state index >= 15 is 0 Å². The van der Waals surface area contributed by atoms with Gasteiger partial charge in [-0.05, 0) is 43.0 Å². The van der Waals surface area contributed by atoms with Gasteiger partial charge >= 0.3 is 0 Å². The number of nitrogens with zero attached hydrogens (tertiary/aromatic N) is 4. The molecule has 1 aromatic carbocycles. The Morgan fingerprint density at radius 1 is 1.18 bits per heavy atom. The third-order valence-corrected chi connectivity index (χ3v) is 6.22. The summed E-state index contributed by atoms with van der Waals surface area (Å²) in [5.74, 6) is -2.21. The standard InChI is InChI=1S/C27H26F2N6O4/c1-3-23(36)33-21-13-35-22(32-21)9-8-20(34-35)17-10-18(27(38-2)31-12-17)26(37)30-11-16-6-7-19(28)24(29)25(16)39-14-15-4-5-15/h6-10,12-13,15H,3-5,11,14H2,1-2H3,(H,30,37)(H,33,36). The molecule has 0 saturated heterocycles. The quantitative estimate of drug-likeness (QED) is 0.313. The van der Waals surface area contributed by atoms with Crippen LogP contribution in [0, 0.1) is 17.6 Å². The molecule has 2 amide bonds. The zero-order valence-corrected chi connectivity index (χ0v) is 21.3. The van der Waals surface area contributed by atoms with Crippen molar-refractivity contribution >= 4 is 23.3 Å². The third kappa shape index (κ3) is 5.79. The average molecular weight is 537 g/mol. The molecule has 0 aliphatic heterocycles. The lowest BCUT2D eigenvalue weighted by Gasteiger charge is -2.14. The highest BCUT2D eigenvalue weighted by Crippen LogP contribution is 2.32. The monoisotopic (exact) mass is 536 g/mol. The maximum atomic E-state index is 14.5. The maximum Gasteiger partial charge on any atom is 0.257 e. The van der Waals surface area contributed by atoms with Crippen LogP contribution >= 0.6 is 0 Å². The molecule has 3 heterocycles. The second kappa shape index (κ2) is 11.0. The van der Waals surface area contributed by atoms with Gasteiger partial charge in [0.1, 0.15) is 5.56 Å². The Balaban J connectivity index is 1.37. The van der Waals surface area contributed by atoms with E-state index in [1.54, 1.807) is 31.3 Å². The van der Waals surface area contributed by atoms with Crippen LogP contribution in [0.25, 0.3) is 16.9 Å². The summed E-state index contributed by atoms with van der Waals surface area (Å²) in [6.07, 6.45) is 5.40. The number of amides is 2. The molecule has 4 aromatic rings. The van der Waals surface area contributed by atoms with Crippen LogP contribution in [0.4, 0.5) is 14.6 Å². The molecule has 0 bridgehead atoms. The minimum absolute atomic E-state index is 0.0833. The van der Waals surface area contributed by atoms with Crippen LogP contribution in [0.2, 0.25) is 0 Å². The lowest BCUT2D eigenvalue weighted by atomic mass is 10.1. The Morgan fingerprint density at radius 3 is 2.74 bits per heavy atom. The molecular formula is C27H26F2N6O4. The minimum Gasteiger partial charge on any atom is -0.490 e. The number of imidazole rings is 1. The first-order chi connectivity index (χ1) is 18.9. The zero-order chi connectivity index (χ0) is 27.5. The van der Waals surface area contributed by atoms with E-state index in [9.17, 15) is 18.4 Å². The van der Waals surface area contributed by atoms with Gasteiger partial charge in [-0.25, -0.2) is 18.9 Å². The fraction of sp³-hybridized carbons (Fsp3) is 0.296. The molecule has 1 aliphatic carbocycles. The molecule has 0 radical (unpaired) electrons. The number of benzene rings is 1. The van der Waals surface area contributed by atoms with Gasteiger partial charge in [0.05, 0.1) is 25.6 Å². The fourth-order valence-corrected chi connectivity index (χ4v) is 3.87. The highest BCUT2D eigenvalue weighted by atomic mass is 19.2. The summed E-state index contributed by atoms with van der Waals surface area (Å²) in [4.78, 5) is 33.4. The van der Waals surface area contributed by atoms with Crippen molar-refractivity contribution in [3.63, 3.8) is 0 Å². The second-order valence-electron chi connectivity index (χ2n) is 9.12. The number of ether oxygens (including phenoxy) is 2. The van der Waals surface area contributed by atoms with Crippen molar-refractivity contribution in [1.82, 2.24) is 24.9 Å². The first-order valence-electron chi connectivity index (χ1n) is 12.4. The van der Waals surface area contributed by atoms with Crippen molar-refractivity contribution in [3.05, 3.63) is 65.5 Å². The van der Waals surface area contributed by atoms with Gasteiger partial charge < -0.3 is 20.1 Å². The van der Waals surface area contributed by atoms with Gasteiger partial charge in [0.2, 0.25) is 17.6 Å². The molecule has 1 aliphatic rings. The van der Waals surface area contributed by atoms with Crippen LogP contribution in [0.15, 0.2) is 42.7 Å². The lowest BCUT2D eigenvalue weighted by Crippen LogP contribution is -2.24. The molecule has 3 aromatic heterocycles. The van der Waals surface area contributed by atoms with E-state index < -0.39 is 17.5 Å². The first-order valence-corrected chi connectivity index (χ1v) is 12.4. The predicted octanol–water partition coefficient (Wildman–Crippen LogP) is 4.15. The number of pyridine rings is 1. The molecule has 12 heteroatoms. The highest BCUT2D eigenvalue weighted by Gasteiger charge is 2.25. The zero-order valence-electron chi connectivity index (χ0n) is 21.3. The lowest BCUT2D eigenvalue weighted by molar-refractivity contribution is -0.115. The normalized spacial score (nSPS) is 12.8. The van der Waals surface area contributed by atoms with Gasteiger partial charge in [-0.1, -0.05) is 13.0 Å². The number of carbonyl (C=O) groups is 2. The van der Waals surface area contributed by atoms with Crippen LogP contribution in [-0.4, -0.2) is 45.1 Å². The summed E-state index contributed by atoms with van der Waals surface area (Å²) in [5.41, 5.74) is 1.98. The number of anilines is 1. The van der Waals surface area contributed by atoms with E-state index in [1.165, 1.54) is 23.9 Å². The Kier molecular flexibility index (Phi) is 7.35. The number of rotatable bonds is 10. The molecular weight excluding hydrogens is 510 g/mol. The van der Waals surface area contributed by atoms with Crippen LogP contribution in [0.3, 0.4) is 0 Å². The SMILES string of the molecule is CCC(=O)Nc1cn2nc(-c3cnc(OC)c(C(=O)NCc4ccc(F)c(F)c4OCC4CC4)c3)ccc2n1. The molecule has 5 rings (SSSR count). The molecule has 1 fully saturated rings. The maximum absolute atomic E-state index is 14.5. The van der Waals surface area contributed by atoms with E-state index in [4.69, 9.17) is 9.47 Å². The van der Waals surface area contributed by atoms with E-state index in [1.807, 2.05) is 0 Å². The first kappa shape index (κ1) is 26.0. The number of fused-ring (bicyclic) bond motifs is 1. The number of hydrogen-bond acceptors (Lipinski definition) is 7. The molecule has 202 valence electrons. The number of aromatic nitrogens is 4. The number of nitrogens with one attached hydrogen (secondary N) is 2. The number of carbonyl (C=O) groups excluding carboxylic acids is 2. The van der Waals surface area contributed by atoms with Crippen molar-refractivity contribution in [2.45, 2.75) is 32.7 Å². The Labute approximate surface area is 222 Å². The average Bonchev–Trinajstić information content (AvgIpc) is 3.69. The van der Waals surface area contributed by atoms with Crippen molar-refractivity contribution in [1.29, 1.82) is 0 Å². The van der Waals surface area contributed by atoms with E-state index in [2.05, 4.69) is 25.7 Å². The molecule has 0 unspecified atom stereocenters. The van der Waals surface area contributed by atoms with Crippen LogP contribution in [0.5, 0.6) is 11.6 Å². The molecule has 0 spiro atoms. The third-order valence-electron chi connectivity index (χ3n) is 6.22. The van der Waals surface area contributed by atoms with E-state index in [0.29, 0.717) is 47.2 Å². The van der Waals surface area contributed by atoms with Crippen LogP contribution < -0.4 is 20.1 Å². The van der Waals surface area contributed by atoms with Gasteiger partial charge in [0.25, 0.3) is 5.91 Å². The fourth-order valence-electron chi connectivity index (χ4n) is 3.87. The topological polar surface area (TPSA) is 120 Å². The predicted molar refractivity (Wildman–Crippen MR) is 137 cm³/mol. The molecule has 2 N–H and O–H groups in total. The molecule has 10 nitrogen and oxygen atoms in total. The summed E-state index contributed by atoms with van der Waals surface area (Å²) in [6.45, 7) is 1.93. The summed E-state index contributed by atoms with van der Waals surface area (Å²) >= 11 is 0.